The van der Waals surface area contributed by atoms with Crippen molar-refractivity contribution in [1.82, 2.24) is 9.55 Å². The van der Waals surface area contributed by atoms with Crippen molar-refractivity contribution in [3.05, 3.63) is 20.3 Å². The minimum atomic E-state index is -4.75. The Morgan fingerprint density at radius 1 is 1.45 bits per heavy atom. The molecular weight excluding hydrogens is 436 g/mol. The Bertz CT molecular complexity index is 663. The first-order chi connectivity index (χ1) is 10.1. The molecule has 1 aromatic rings. The van der Waals surface area contributed by atoms with Gasteiger partial charge in [-0.2, -0.15) is 4.98 Å². The minimum absolute atomic E-state index is 0.0104. The summed E-state index contributed by atoms with van der Waals surface area (Å²) in [6.07, 6.45) is -4.23. The minimum Gasteiger partial charge on any atom is -0.387 e. The van der Waals surface area contributed by atoms with Crippen LogP contribution in [0.4, 0.5) is 5.82 Å². The molecule has 4 atom stereocenters. The second-order valence-corrected chi connectivity index (χ2v) is 6.90. The lowest BCUT2D eigenvalue weighted by Gasteiger charge is -2.17. The molecule has 0 aromatic carbocycles. The fraction of sp³-hybridized carbons (Fsp3) is 0.556. The standard InChI is InChI=1S/C9H13IN3O8P/c10-3-1-13(9(16)12-7(3)11)8-6(15)5(14)4(21-8)2-20-22(17,18)19/h1,4-6,8,14-15H,2H2,(H2,11,12,16)(H2,17,18,19)/t4-,5-,6?,8-/m1/s1. The second-order valence-electron chi connectivity index (χ2n) is 4.50. The van der Waals surface area contributed by atoms with E-state index >= 15 is 0 Å². The van der Waals surface area contributed by atoms with Crippen LogP contribution in [0.15, 0.2) is 11.0 Å². The number of aliphatic hydroxyl groups excluding tert-OH is 2. The predicted octanol–water partition coefficient (Wildman–Crippen LogP) is -1.84. The number of phosphoric ester groups is 1. The second kappa shape index (κ2) is 6.49. The van der Waals surface area contributed by atoms with Crippen LogP contribution in [-0.2, 0) is 13.8 Å². The first-order valence-corrected chi connectivity index (χ1v) is 8.47. The average molecular weight is 449 g/mol. The number of halogens is 1. The molecule has 1 aliphatic rings. The maximum atomic E-state index is 11.8. The lowest BCUT2D eigenvalue weighted by molar-refractivity contribution is -0.0543. The van der Waals surface area contributed by atoms with Gasteiger partial charge in [0.05, 0.1) is 10.2 Å². The van der Waals surface area contributed by atoms with E-state index in [0.717, 1.165) is 4.57 Å². The van der Waals surface area contributed by atoms with Gasteiger partial charge < -0.3 is 30.5 Å². The molecule has 1 aliphatic heterocycles. The summed E-state index contributed by atoms with van der Waals surface area (Å²) < 4.78 is 21.5. The molecular formula is C9H13IN3O8P. The summed E-state index contributed by atoms with van der Waals surface area (Å²) in [5.74, 6) is 0.0104. The van der Waals surface area contributed by atoms with E-state index in [2.05, 4.69) is 9.51 Å². The van der Waals surface area contributed by atoms with Gasteiger partial charge in [-0.1, -0.05) is 0 Å². The number of rotatable bonds is 4. The third kappa shape index (κ3) is 3.83. The quantitative estimate of drug-likeness (QED) is 0.259. The maximum absolute atomic E-state index is 11.8. The Kier molecular flexibility index (Phi) is 5.23. The molecule has 0 amide bonds. The summed E-state index contributed by atoms with van der Waals surface area (Å²) in [5.41, 5.74) is 4.68. The van der Waals surface area contributed by atoms with E-state index < -0.39 is 44.7 Å². The maximum Gasteiger partial charge on any atom is 0.469 e. The molecule has 2 rings (SSSR count). The summed E-state index contributed by atoms with van der Waals surface area (Å²) >= 11 is 1.82. The Balaban J connectivity index is 2.22. The smallest absolute Gasteiger partial charge is 0.387 e. The number of nitrogens with two attached hydrogens (primary N) is 1. The van der Waals surface area contributed by atoms with Gasteiger partial charge >= 0.3 is 13.5 Å². The fourth-order valence-electron chi connectivity index (χ4n) is 1.91. The third-order valence-corrected chi connectivity index (χ3v) is 4.27. The van der Waals surface area contributed by atoms with E-state index in [0.29, 0.717) is 3.57 Å². The van der Waals surface area contributed by atoms with Gasteiger partial charge in [-0.25, -0.2) is 9.36 Å². The highest BCUT2D eigenvalue weighted by molar-refractivity contribution is 14.1. The number of aliphatic hydroxyl groups is 2. The van der Waals surface area contributed by atoms with Gasteiger partial charge in [0, 0.05) is 6.20 Å². The molecule has 11 nitrogen and oxygen atoms in total. The molecule has 0 radical (unpaired) electrons. The molecule has 1 aromatic heterocycles. The van der Waals surface area contributed by atoms with E-state index in [1.807, 2.05) is 22.6 Å². The zero-order valence-electron chi connectivity index (χ0n) is 10.8. The van der Waals surface area contributed by atoms with Crippen molar-refractivity contribution in [1.29, 1.82) is 0 Å². The molecule has 2 heterocycles. The number of phosphoric acid groups is 1. The van der Waals surface area contributed by atoms with Crippen LogP contribution in [0, 0.1) is 3.57 Å². The highest BCUT2D eigenvalue weighted by Crippen LogP contribution is 2.38. The van der Waals surface area contributed by atoms with Crippen LogP contribution in [0.25, 0.3) is 0 Å². The van der Waals surface area contributed by atoms with Gasteiger partial charge in [-0.3, -0.25) is 9.09 Å². The van der Waals surface area contributed by atoms with Gasteiger partial charge in [-0.15, -0.1) is 0 Å². The van der Waals surface area contributed by atoms with Gasteiger partial charge in [0.1, 0.15) is 24.1 Å². The van der Waals surface area contributed by atoms with Crippen LogP contribution in [0.5, 0.6) is 0 Å². The highest BCUT2D eigenvalue weighted by atomic mass is 127. The van der Waals surface area contributed by atoms with E-state index in [4.69, 9.17) is 20.3 Å². The van der Waals surface area contributed by atoms with Crippen LogP contribution >= 0.6 is 30.4 Å². The van der Waals surface area contributed by atoms with E-state index in [-0.39, 0.29) is 5.82 Å². The molecule has 13 heteroatoms. The third-order valence-electron chi connectivity index (χ3n) is 2.95. The summed E-state index contributed by atoms with van der Waals surface area (Å²) in [7, 11) is -4.75. The van der Waals surface area contributed by atoms with Crippen LogP contribution in [-0.4, -0.2) is 54.5 Å². The summed E-state index contributed by atoms with van der Waals surface area (Å²) in [6, 6.07) is 0. The Hall–Kier alpha value is -0.600. The monoisotopic (exact) mass is 449 g/mol. The van der Waals surface area contributed by atoms with Crippen molar-refractivity contribution in [2.45, 2.75) is 24.5 Å². The van der Waals surface area contributed by atoms with Gasteiger partial charge in [0.15, 0.2) is 6.23 Å². The number of nitrogens with zero attached hydrogens (tertiary/aromatic N) is 2. The lowest BCUT2D eigenvalue weighted by atomic mass is 10.1. The van der Waals surface area contributed by atoms with Crippen molar-refractivity contribution < 1.29 is 33.8 Å². The topological polar surface area (TPSA) is 177 Å². The fourth-order valence-corrected chi connectivity index (χ4v) is 2.67. The Morgan fingerprint density at radius 3 is 2.68 bits per heavy atom. The van der Waals surface area contributed by atoms with E-state index in [1.165, 1.54) is 6.20 Å². The first kappa shape index (κ1) is 17.7. The Morgan fingerprint density at radius 2 is 2.09 bits per heavy atom. The number of hydrogen-bond acceptors (Lipinski definition) is 8. The predicted molar refractivity (Wildman–Crippen MR) is 79.5 cm³/mol. The number of anilines is 1. The van der Waals surface area contributed by atoms with Gasteiger partial charge in [0.25, 0.3) is 0 Å². The lowest BCUT2D eigenvalue weighted by Crippen LogP contribution is -2.36. The van der Waals surface area contributed by atoms with Crippen molar-refractivity contribution in [2.75, 3.05) is 12.3 Å². The largest absolute Gasteiger partial charge is 0.469 e. The Labute approximate surface area is 137 Å². The molecule has 22 heavy (non-hydrogen) atoms. The summed E-state index contributed by atoms with van der Waals surface area (Å²) in [4.78, 5) is 32.6. The van der Waals surface area contributed by atoms with Crippen molar-refractivity contribution in [2.24, 2.45) is 0 Å². The van der Waals surface area contributed by atoms with Crippen LogP contribution in [0.3, 0.4) is 0 Å². The number of hydrogen-bond donors (Lipinski definition) is 5. The van der Waals surface area contributed by atoms with Crippen LogP contribution < -0.4 is 11.4 Å². The SMILES string of the molecule is Nc1nc(=O)n([C@@H]2O[C@H](COP(=O)(O)O)[C@@H](O)C2O)cc1I. The molecule has 1 fully saturated rings. The van der Waals surface area contributed by atoms with E-state index in [9.17, 15) is 19.6 Å². The zero-order valence-corrected chi connectivity index (χ0v) is 13.9. The normalized spacial score (nSPS) is 29.0. The summed E-state index contributed by atoms with van der Waals surface area (Å²) in [6.45, 7) is -0.659. The molecule has 0 spiro atoms. The van der Waals surface area contributed by atoms with Gasteiger partial charge in [-0.05, 0) is 22.6 Å². The molecule has 124 valence electrons. The van der Waals surface area contributed by atoms with Crippen molar-refractivity contribution in [3.63, 3.8) is 0 Å². The van der Waals surface area contributed by atoms with E-state index in [1.54, 1.807) is 0 Å². The number of nitrogen functional groups attached to an aromatic ring is 1. The molecule has 0 aliphatic carbocycles. The molecule has 0 bridgehead atoms. The average Bonchev–Trinajstić information content (AvgIpc) is 2.68. The van der Waals surface area contributed by atoms with Gasteiger partial charge in [0.2, 0.25) is 0 Å². The molecule has 1 saturated heterocycles. The molecule has 6 N–H and O–H groups in total. The van der Waals surface area contributed by atoms with Crippen molar-refractivity contribution in [3.8, 4) is 0 Å². The zero-order chi connectivity index (χ0) is 16.7. The number of ether oxygens (including phenoxy) is 1. The van der Waals surface area contributed by atoms with Crippen LogP contribution in [0.2, 0.25) is 0 Å². The first-order valence-electron chi connectivity index (χ1n) is 5.86. The van der Waals surface area contributed by atoms with Crippen molar-refractivity contribution >= 4 is 36.2 Å². The molecule has 1 unspecified atom stereocenters. The molecule has 0 saturated carbocycles. The number of aromatic nitrogens is 2. The summed E-state index contributed by atoms with van der Waals surface area (Å²) in [5, 5.41) is 19.8. The highest BCUT2D eigenvalue weighted by Gasteiger charge is 2.45. The van der Waals surface area contributed by atoms with Crippen LogP contribution in [0.1, 0.15) is 6.23 Å².